The molecule has 0 spiro atoms. The number of nitrogens with one attached hydrogen (secondary N) is 2. The van der Waals surface area contributed by atoms with Crippen molar-refractivity contribution in [1.29, 1.82) is 0 Å². The third-order valence-electron chi connectivity index (χ3n) is 5.45. The number of carbonyl (C=O) groups is 4. The van der Waals surface area contributed by atoms with E-state index in [1.165, 1.54) is 7.11 Å². The van der Waals surface area contributed by atoms with Crippen LogP contribution in [0, 0.1) is 5.92 Å². The Kier molecular flexibility index (Phi) is 5.73. The molecule has 10 heteroatoms. The number of urea groups is 1. The Morgan fingerprint density at radius 2 is 1.86 bits per heavy atom. The number of primary amides is 1. The Balaban J connectivity index is 1.61. The van der Waals surface area contributed by atoms with E-state index in [9.17, 15) is 19.2 Å². The average Bonchev–Trinajstić information content (AvgIpc) is 2.92. The summed E-state index contributed by atoms with van der Waals surface area (Å²) in [4.78, 5) is 50.7. The molecule has 2 fully saturated rings. The molecular weight excluding hydrogens is 378 g/mol. The lowest BCUT2D eigenvalue weighted by molar-refractivity contribution is -0.139. The lowest BCUT2D eigenvalue weighted by Crippen LogP contribution is -2.51. The minimum atomic E-state index is -1.30. The number of nitrogens with two attached hydrogens (primary N) is 1. The number of imide groups is 1. The summed E-state index contributed by atoms with van der Waals surface area (Å²) < 4.78 is 5.11. The number of hydrogen-bond acceptors (Lipinski definition) is 6. The van der Waals surface area contributed by atoms with E-state index in [0.29, 0.717) is 42.3 Å². The van der Waals surface area contributed by atoms with Gasteiger partial charge in [-0.25, -0.2) is 4.79 Å². The van der Waals surface area contributed by atoms with E-state index in [4.69, 9.17) is 10.5 Å². The van der Waals surface area contributed by atoms with Gasteiger partial charge in [-0.2, -0.15) is 5.01 Å². The minimum absolute atomic E-state index is 0.0157. The lowest BCUT2D eigenvalue weighted by Gasteiger charge is -2.30. The smallest absolute Gasteiger partial charge is 0.344 e. The van der Waals surface area contributed by atoms with Gasteiger partial charge in [-0.3, -0.25) is 24.7 Å². The van der Waals surface area contributed by atoms with Crippen LogP contribution < -0.4 is 21.2 Å². The molecule has 0 aromatic heterocycles. The van der Waals surface area contributed by atoms with Crippen molar-refractivity contribution in [3.8, 4) is 5.75 Å². The zero-order valence-electron chi connectivity index (χ0n) is 16.4. The van der Waals surface area contributed by atoms with Crippen LogP contribution in [0.1, 0.15) is 25.3 Å². The number of piperidine rings is 1. The molecule has 0 radical (unpaired) electrons. The normalized spacial score (nSPS) is 23.0. The molecule has 0 saturated carbocycles. The molecule has 2 heterocycles. The van der Waals surface area contributed by atoms with E-state index >= 15 is 0 Å². The van der Waals surface area contributed by atoms with E-state index in [-0.39, 0.29) is 18.4 Å². The molecule has 1 unspecified atom stereocenters. The van der Waals surface area contributed by atoms with Gasteiger partial charge in [0.15, 0.2) is 0 Å². The molecule has 0 bridgehead atoms. The monoisotopic (exact) mass is 403 g/mol. The van der Waals surface area contributed by atoms with Crippen LogP contribution >= 0.6 is 0 Å². The topological polar surface area (TPSA) is 134 Å². The second-order valence-corrected chi connectivity index (χ2v) is 7.41. The van der Waals surface area contributed by atoms with Crippen LogP contribution in [-0.2, 0) is 19.9 Å². The SMILES string of the molecule is COc1ccc(C2(C)NC(=O)N(NC(=O)CN3CCC(C(N)=O)CC3)C2=O)cc1. The van der Waals surface area contributed by atoms with Crippen LogP contribution in [0.4, 0.5) is 4.79 Å². The van der Waals surface area contributed by atoms with Gasteiger partial charge >= 0.3 is 6.03 Å². The van der Waals surface area contributed by atoms with Gasteiger partial charge in [0.2, 0.25) is 5.91 Å². The Hall–Kier alpha value is -3.14. The second kappa shape index (κ2) is 8.08. The molecule has 156 valence electrons. The van der Waals surface area contributed by atoms with Gasteiger partial charge in [-0.1, -0.05) is 12.1 Å². The molecule has 1 aromatic carbocycles. The summed E-state index contributed by atoms with van der Waals surface area (Å²) in [6.07, 6.45) is 1.17. The third-order valence-corrected chi connectivity index (χ3v) is 5.45. The number of methoxy groups -OCH3 is 1. The van der Waals surface area contributed by atoms with Crippen LogP contribution in [0.15, 0.2) is 24.3 Å². The van der Waals surface area contributed by atoms with Gasteiger partial charge in [0.1, 0.15) is 11.3 Å². The summed E-state index contributed by atoms with van der Waals surface area (Å²) in [7, 11) is 1.53. The maximum atomic E-state index is 12.9. The van der Waals surface area contributed by atoms with Gasteiger partial charge in [0, 0.05) is 5.92 Å². The number of rotatable bonds is 6. The van der Waals surface area contributed by atoms with Crippen molar-refractivity contribution in [2.45, 2.75) is 25.3 Å². The molecule has 10 nitrogen and oxygen atoms in total. The zero-order valence-corrected chi connectivity index (χ0v) is 16.4. The molecule has 1 aromatic rings. The molecule has 2 aliphatic heterocycles. The predicted octanol–water partition coefficient (Wildman–Crippen LogP) is -0.309. The van der Waals surface area contributed by atoms with Gasteiger partial charge in [0.25, 0.3) is 11.8 Å². The van der Waals surface area contributed by atoms with Crippen molar-refractivity contribution in [3.63, 3.8) is 0 Å². The largest absolute Gasteiger partial charge is 0.497 e. The number of likely N-dealkylation sites (tertiary alicyclic amines) is 1. The van der Waals surface area contributed by atoms with Crippen molar-refractivity contribution in [1.82, 2.24) is 20.7 Å². The number of carbonyl (C=O) groups excluding carboxylic acids is 4. The Labute approximate surface area is 168 Å². The highest BCUT2D eigenvalue weighted by atomic mass is 16.5. The van der Waals surface area contributed by atoms with Crippen molar-refractivity contribution in [2.75, 3.05) is 26.7 Å². The van der Waals surface area contributed by atoms with Crippen molar-refractivity contribution < 1.29 is 23.9 Å². The predicted molar refractivity (Wildman–Crippen MR) is 102 cm³/mol. The molecule has 3 rings (SSSR count). The van der Waals surface area contributed by atoms with E-state index in [1.54, 1.807) is 31.2 Å². The van der Waals surface area contributed by atoms with Crippen LogP contribution in [0.25, 0.3) is 0 Å². The van der Waals surface area contributed by atoms with Crippen LogP contribution in [0.2, 0.25) is 0 Å². The van der Waals surface area contributed by atoms with E-state index < -0.39 is 23.4 Å². The number of hydrogen-bond donors (Lipinski definition) is 3. The Morgan fingerprint density at radius 1 is 1.24 bits per heavy atom. The fourth-order valence-corrected chi connectivity index (χ4v) is 3.60. The molecule has 5 amide bonds. The van der Waals surface area contributed by atoms with Gasteiger partial charge in [0.05, 0.1) is 13.7 Å². The summed E-state index contributed by atoms with van der Waals surface area (Å²) in [5.41, 5.74) is 6.97. The molecule has 2 aliphatic rings. The molecule has 0 aliphatic carbocycles. The number of ether oxygens (including phenoxy) is 1. The fraction of sp³-hybridized carbons (Fsp3) is 0.474. The highest BCUT2D eigenvalue weighted by Crippen LogP contribution is 2.29. The Bertz CT molecular complexity index is 819. The summed E-state index contributed by atoms with van der Waals surface area (Å²) in [6, 6.07) is 6.05. The van der Waals surface area contributed by atoms with Crippen LogP contribution in [-0.4, -0.2) is 60.4 Å². The second-order valence-electron chi connectivity index (χ2n) is 7.41. The van der Waals surface area contributed by atoms with Crippen LogP contribution in [0.3, 0.4) is 0 Å². The third kappa shape index (κ3) is 4.16. The fourth-order valence-electron chi connectivity index (χ4n) is 3.60. The van der Waals surface area contributed by atoms with Crippen molar-refractivity contribution in [3.05, 3.63) is 29.8 Å². The maximum absolute atomic E-state index is 12.9. The van der Waals surface area contributed by atoms with Gasteiger partial charge in [-0.05, 0) is 50.6 Å². The number of amides is 5. The Morgan fingerprint density at radius 3 is 2.41 bits per heavy atom. The van der Waals surface area contributed by atoms with E-state index in [2.05, 4.69) is 10.7 Å². The first kappa shape index (κ1) is 20.6. The molecular formula is C19H25N5O5. The standard InChI is InChI=1S/C19H25N5O5/c1-19(13-3-5-14(29-2)6-4-13)17(27)24(18(28)21-19)22-15(25)11-23-9-7-12(8-10-23)16(20)26/h3-6,12H,7-11H2,1-2H3,(H2,20,26)(H,21,28)(H,22,25). The van der Waals surface area contributed by atoms with Gasteiger partial charge in [-0.15, -0.1) is 0 Å². The number of hydrazine groups is 1. The van der Waals surface area contributed by atoms with Crippen molar-refractivity contribution >= 4 is 23.8 Å². The summed E-state index contributed by atoms with van der Waals surface area (Å²) >= 11 is 0. The first-order valence-corrected chi connectivity index (χ1v) is 9.37. The average molecular weight is 403 g/mol. The number of nitrogens with zero attached hydrogens (tertiary/aromatic N) is 2. The van der Waals surface area contributed by atoms with Gasteiger partial charge < -0.3 is 15.8 Å². The summed E-state index contributed by atoms with van der Waals surface area (Å²) in [5, 5.41) is 3.34. The molecule has 2 saturated heterocycles. The van der Waals surface area contributed by atoms with E-state index in [0.717, 1.165) is 0 Å². The van der Waals surface area contributed by atoms with Crippen LogP contribution in [0.5, 0.6) is 5.75 Å². The molecule has 1 atom stereocenters. The number of benzene rings is 1. The molecule has 29 heavy (non-hydrogen) atoms. The summed E-state index contributed by atoms with van der Waals surface area (Å²) in [6.45, 7) is 2.69. The minimum Gasteiger partial charge on any atom is -0.497 e. The lowest BCUT2D eigenvalue weighted by atomic mass is 9.92. The quantitative estimate of drug-likeness (QED) is 0.558. The molecule has 4 N–H and O–H groups in total. The highest BCUT2D eigenvalue weighted by molar-refractivity contribution is 6.08. The maximum Gasteiger partial charge on any atom is 0.344 e. The van der Waals surface area contributed by atoms with Crippen molar-refractivity contribution in [2.24, 2.45) is 11.7 Å². The van der Waals surface area contributed by atoms with E-state index in [1.807, 2.05) is 4.90 Å². The highest BCUT2D eigenvalue weighted by Gasteiger charge is 2.50. The summed E-state index contributed by atoms with van der Waals surface area (Å²) in [5.74, 6) is -0.936. The first-order valence-electron chi connectivity index (χ1n) is 9.37. The first-order chi connectivity index (χ1) is 13.7. The zero-order chi connectivity index (χ0) is 21.2.